The second-order valence-corrected chi connectivity index (χ2v) is 10.9. The van der Waals surface area contributed by atoms with Crippen molar-refractivity contribution in [1.82, 2.24) is 9.88 Å². The number of urea groups is 1. The minimum atomic E-state index is -4.21. The number of rotatable bonds is 5. The highest BCUT2D eigenvalue weighted by molar-refractivity contribution is 5.91. The molecule has 3 saturated heterocycles. The normalized spacial score (nSPS) is 22.3. The number of likely N-dealkylation sites (tertiary alicyclic amines) is 1. The van der Waals surface area contributed by atoms with E-state index >= 15 is 0 Å². The van der Waals surface area contributed by atoms with Crippen molar-refractivity contribution in [3.05, 3.63) is 35.9 Å². The molecule has 2 amide bonds. The van der Waals surface area contributed by atoms with Crippen LogP contribution < -0.4 is 15.1 Å². The Hall–Kier alpha value is -3.01. The van der Waals surface area contributed by atoms with E-state index in [0.29, 0.717) is 37.8 Å². The molecule has 3 aliphatic rings. The van der Waals surface area contributed by atoms with Crippen molar-refractivity contribution in [3.63, 3.8) is 0 Å². The Balaban J connectivity index is 1.38. The average Bonchev–Trinajstić information content (AvgIpc) is 3.53. The first-order chi connectivity index (χ1) is 18.1. The molecule has 0 spiro atoms. The van der Waals surface area contributed by atoms with Crippen LogP contribution in [0.25, 0.3) is 11.1 Å². The highest BCUT2D eigenvalue weighted by Gasteiger charge is 2.36. The summed E-state index contributed by atoms with van der Waals surface area (Å²) >= 11 is 0. The molecule has 1 N–H and O–H groups in total. The van der Waals surface area contributed by atoms with Gasteiger partial charge in [0.05, 0.1) is 13.2 Å². The molecule has 10 heteroatoms. The molecule has 5 rings (SSSR count). The Morgan fingerprint density at radius 1 is 1.03 bits per heavy atom. The van der Waals surface area contributed by atoms with Gasteiger partial charge in [0.15, 0.2) is 0 Å². The van der Waals surface area contributed by atoms with Gasteiger partial charge in [0, 0.05) is 51.4 Å². The first-order valence-electron chi connectivity index (χ1n) is 13.5. The molecule has 4 heterocycles. The molecule has 0 bridgehead atoms. The quantitative estimate of drug-likeness (QED) is 0.549. The third-order valence-corrected chi connectivity index (χ3v) is 7.77. The molecule has 1 aromatic heterocycles. The number of ether oxygens (including phenoxy) is 1. The fourth-order valence-corrected chi connectivity index (χ4v) is 5.64. The van der Waals surface area contributed by atoms with Crippen LogP contribution in [0.1, 0.15) is 31.7 Å². The molecule has 0 saturated carbocycles. The van der Waals surface area contributed by atoms with Crippen LogP contribution in [0.4, 0.5) is 35.3 Å². The predicted octanol–water partition coefficient (Wildman–Crippen LogP) is 5.55. The summed E-state index contributed by atoms with van der Waals surface area (Å²) in [5.41, 5.74) is 3.70. The van der Waals surface area contributed by atoms with Crippen LogP contribution in [-0.4, -0.2) is 74.6 Å². The van der Waals surface area contributed by atoms with Crippen molar-refractivity contribution in [2.45, 2.75) is 39.3 Å². The lowest BCUT2D eigenvalue weighted by atomic mass is 10.00. The third kappa shape index (κ3) is 6.34. The van der Waals surface area contributed by atoms with Gasteiger partial charge in [0.25, 0.3) is 0 Å². The predicted molar refractivity (Wildman–Crippen MR) is 143 cm³/mol. The molecule has 2 atom stereocenters. The molecule has 3 aliphatic heterocycles. The number of pyridine rings is 1. The Morgan fingerprint density at radius 3 is 2.45 bits per heavy atom. The zero-order chi connectivity index (χ0) is 26.9. The van der Waals surface area contributed by atoms with Crippen molar-refractivity contribution in [2.24, 2.45) is 11.8 Å². The molecular weight excluding hydrogens is 495 g/mol. The van der Waals surface area contributed by atoms with Crippen molar-refractivity contribution >= 4 is 23.4 Å². The number of amides is 2. The highest BCUT2D eigenvalue weighted by atomic mass is 19.4. The number of aryl methyl sites for hydroxylation is 1. The summed E-state index contributed by atoms with van der Waals surface area (Å²) in [5, 5.41) is 2.91. The van der Waals surface area contributed by atoms with E-state index in [2.05, 4.69) is 34.2 Å². The molecule has 0 unspecified atom stereocenters. The number of morpholine rings is 1. The van der Waals surface area contributed by atoms with E-state index in [1.54, 1.807) is 0 Å². The number of nitrogens with zero attached hydrogens (tertiary/aromatic N) is 4. The Labute approximate surface area is 221 Å². The van der Waals surface area contributed by atoms with Crippen LogP contribution in [-0.2, 0) is 4.74 Å². The number of aromatic nitrogens is 1. The number of hydrogen-bond donors (Lipinski definition) is 1. The Morgan fingerprint density at radius 2 is 1.76 bits per heavy atom. The van der Waals surface area contributed by atoms with Crippen LogP contribution in [0.5, 0.6) is 0 Å². The molecule has 3 fully saturated rings. The first-order valence-corrected chi connectivity index (χ1v) is 13.5. The number of benzene rings is 1. The number of nitrogens with one attached hydrogen (secondary N) is 1. The summed E-state index contributed by atoms with van der Waals surface area (Å²) in [4.78, 5) is 24.0. The largest absolute Gasteiger partial charge is 0.389 e. The number of carbonyl (C=O) groups is 1. The molecule has 1 aromatic carbocycles. The van der Waals surface area contributed by atoms with E-state index in [9.17, 15) is 18.0 Å². The van der Waals surface area contributed by atoms with Crippen molar-refractivity contribution in [3.8, 4) is 11.1 Å². The smallest absolute Gasteiger partial charge is 0.378 e. The van der Waals surface area contributed by atoms with Gasteiger partial charge < -0.3 is 24.8 Å². The van der Waals surface area contributed by atoms with Gasteiger partial charge in [-0.15, -0.1) is 0 Å². The summed E-state index contributed by atoms with van der Waals surface area (Å²) in [6.07, 6.45) is -3.55. The van der Waals surface area contributed by atoms with Gasteiger partial charge in [-0.1, -0.05) is 13.0 Å². The SMILES string of the molecule is Cc1ccc(NC(=O)N2CC[C@@H](CC(F)(F)F)C2)cc1-c1cc(N2CCOCC2)nc(N2CC[C@@H](C)C2)c1. The van der Waals surface area contributed by atoms with Gasteiger partial charge in [0.1, 0.15) is 11.6 Å². The third-order valence-electron chi connectivity index (χ3n) is 7.77. The van der Waals surface area contributed by atoms with Crippen LogP contribution in [0, 0.1) is 18.8 Å². The van der Waals surface area contributed by atoms with E-state index in [1.807, 2.05) is 25.1 Å². The summed E-state index contributed by atoms with van der Waals surface area (Å²) in [5.74, 6) is 1.95. The van der Waals surface area contributed by atoms with Gasteiger partial charge in [-0.2, -0.15) is 13.2 Å². The van der Waals surface area contributed by atoms with E-state index < -0.39 is 18.5 Å². The van der Waals surface area contributed by atoms with E-state index in [0.717, 1.165) is 60.9 Å². The van der Waals surface area contributed by atoms with Gasteiger partial charge in [-0.3, -0.25) is 0 Å². The number of anilines is 3. The van der Waals surface area contributed by atoms with Crippen molar-refractivity contribution < 1.29 is 22.7 Å². The maximum absolute atomic E-state index is 12.9. The van der Waals surface area contributed by atoms with Gasteiger partial charge >= 0.3 is 12.2 Å². The molecule has 0 aliphatic carbocycles. The number of halogens is 3. The fraction of sp³-hybridized carbons (Fsp3) is 0.571. The lowest BCUT2D eigenvalue weighted by Gasteiger charge is -2.29. The van der Waals surface area contributed by atoms with E-state index in [1.165, 1.54) is 4.90 Å². The summed E-state index contributed by atoms with van der Waals surface area (Å²) in [7, 11) is 0. The molecule has 206 valence electrons. The topological polar surface area (TPSA) is 60.9 Å². The van der Waals surface area contributed by atoms with Crippen LogP contribution in [0.3, 0.4) is 0 Å². The van der Waals surface area contributed by atoms with E-state index in [-0.39, 0.29) is 12.6 Å². The molecule has 2 aromatic rings. The van der Waals surface area contributed by atoms with Crippen LogP contribution in [0.2, 0.25) is 0 Å². The molecule has 38 heavy (non-hydrogen) atoms. The summed E-state index contributed by atoms with van der Waals surface area (Å²) in [6.45, 7) is 9.60. The average molecular weight is 532 g/mol. The maximum Gasteiger partial charge on any atom is 0.389 e. The summed E-state index contributed by atoms with van der Waals surface area (Å²) < 4.78 is 43.9. The minimum absolute atomic E-state index is 0.120. The first kappa shape index (κ1) is 26.6. The van der Waals surface area contributed by atoms with Gasteiger partial charge in [-0.05, 0) is 72.6 Å². The Bertz CT molecular complexity index is 1130. The van der Waals surface area contributed by atoms with Crippen molar-refractivity contribution in [2.75, 3.05) is 67.6 Å². The van der Waals surface area contributed by atoms with Crippen molar-refractivity contribution in [1.29, 1.82) is 0 Å². The standard InChI is InChI=1S/C28H36F3N5O2/c1-19-5-7-35(17-19)26-14-22(13-25(33-26)34-9-11-38-12-10-34)24-15-23(4-3-20(24)2)32-27(37)36-8-6-21(18-36)16-28(29,30)31/h3-4,13-15,19,21H,5-12,16-18H2,1-2H3,(H,32,37)/t19-,21+/m1/s1. The molecular formula is C28H36F3N5O2. The lowest BCUT2D eigenvalue weighted by molar-refractivity contribution is -0.143. The lowest BCUT2D eigenvalue weighted by Crippen LogP contribution is -2.37. The maximum atomic E-state index is 12.9. The molecule has 7 nitrogen and oxygen atoms in total. The van der Waals surface area contributed by atoms with Crippen LogP contribution in [0.15, 0.2) is 30.3 Å². The van der Waals surface area contributed by atoms with Gasteiger partial charge in [-0.25, -0.2) is 9.78 Å². The minimum Gasteiger partial charge on any atom is -0.378 e. The fourth-order valence-electron chi connectivity index (χ4n) is 5.64. The van der Waals surface area contributed by atoms with E-state index in [4.69, 9.17) is 9.72 Å². The van der Waals surface area contributed by atoms with Gasteiger partial charge in [0.2, 0.25) is 0 Å². The number of alkyl halides is 3. The number of carbonyl (C=O) groups excluding carboxylic acids is 1. The monoisotopic (exact) mass is 531 g/mol. The highest BCUT2D eigenvalue weighted by Crippen LogP contribution is 2.35. The molecule has 0 radical (unpaired) electrons. The zero-order valence-electron chi connectivity index (χ0n) is 22.1. The van der Waals surface area contributed by atoms with Crippen LogP contribution >= 0.6 is 0 Å². The number of hydrogen-bond acceptors (Lipinski definition) is 5. The summed E-state index contributed by atoms with van der Waals surface area (Å²) in [6, 6.07) is 9.62. The second kappa shape index (κ2) is 11.0. The zero-order valence-corrected chi connectivity index (χ0v) is 22.1. The Kier molecular flexibility index (Phi) is 7.70. The second-order valence-electron chi connectivity index (χ2n) is 10.9.